The van der Waals surface area contributed by atoms with Crippen LogP contribution in [-0.2, 0) is 6.61 Å². The summed E-state index contributed by atoms with van der Waals surface area (Å²) in [6, 6.07) is 5.40. The highest BCUT2D eigenvalue weighted by molar-refractivity contribution is 5.56. The fraction of sp³-hybridized carbons (Fsp3) is 0.250. The zero-order chi connectivity index (χ0) is 18.8. The van der Waals surface area contributed by atoms with Gasteiger partial charge < -0.3 is 18.7 Å². The van der Waals surface area contributed by atoms with E-state index in [1.165, 1.54) is 18.7 Å². The van der Waals surface area contributed by atoms with Crippen LogP contribution >= 0.6 is 0 Å². The highest BCUT2D eigenvalue weighted by Gasteiger charge is 2.18. The summed E-state index contributed by atoms with van der Waals surface area (Å²) in [5, 5.41) is 16.6. The second-order valence-corrected chi connectivity index (χ2v) is 5.46. The van der Waals surface area contributed by atoms with Crippen LogP contribution in [0.3, 0.4) is 0 Å². The number of ether oxygens (including phenoxy) is 3. The van der Waals surface area contributed by atoms with Crippen LogP contribution in [0.2, 0.25) is 0 Å². The van der Waals surface area contributed by atoms with Crippen LogP contribution in [0.4, 0.5) is 0 Å². The van der Waals surface area contributed by atoms with Crippen LogP contribution in [0.25, 0.3) is 17.2 Å². The molecule has 0 saturated carbocycles. The molecule has 4 heterocycles. The summed E-state index contributed by atoms with van der Waals surface area (Å²) in [5.41, 5.74) is 1.63. The van der Waals surface area contributed by atoms with Gasteiger partial charge in [0.25, 0.3) is 5.88 Å². The molecule has 0 atom stereocenters. The number of hydrogen-bond donors (Lipinski definition) is 0. The van der Waals surface area contributed by atoms with Crippen LogP contribution in [0.15, 0.2) is 28.9 Å². The fourth-order valence-corrected chi connectivity index (χ4v) is 2.37. The van der Waals surface area contributed by atoms with Gasteiger partial charge in [-0.25, -0.2) is 4.98 Å². The fourth-order valence-electron chi connectivity index (χ4n) is 2.37. The third-order valence-corrected chi connectivity index (χ3v) is 3.63. The van der Waals surface area contributed by atoms with Crippen molar-refractivity contribution in [2.24, 2.45) is 0 Å². The summed E-state index contributed by atoms with van der Waals surface area (Å²) in [6.45, 7) is 1.94. The Bertz CT molecular complexity index is 1090. The van der Waals surface area contributed by atoms with Crippen molar-refractivity contribution in [2.45, 2.75) is 13.5 Å². The molecule has 0 amide bonds. The van der Waals surface area contributed by atoms with Gasteiger partial charge in [-0.1, -0.05) is 5.16 Å². The lowest BCUT2D eigenvalue weighted by atomic mass is 10.3. The van der Waals surface area contributed by atoms with Crippen molar-refractivity contribution < 1.29 is 18.7 Å². The van der Waals surface area contributed by atoms with Gasteiger partial charge in [0, 0.05) is 18.3 Å². The van der Waals surface area contributed by atoms with E-state index in [0.29, 0.717) is 34.4 Å². The second kappa shape index (κ2) is 6.86. The molecule has 0 unspecified atom stereocenters. The monoisotopic (exact) mass is 369 g/mol. The number of nitrogens with zero attached hydrogens (tertiary/aromatic N) is 7. The maximum Gasteiger partial charge on any atom is 0.316 e. The van der Waals surface area contributed by atoms with E-state index in [9.17, 15) is 0 Å². The van der Waals surface area contributed by atoms with Crippen LogP contribution in [0, 0.1) is 6.92 Å². The number of rotatable bonds is 6. The lowest BCUT2D eigenvalue weighted by molar-refractivity contribution is 0.262. The summed E-state index contributed by atoms with van der Waals surface area (Å²) in [5.74, 6) is 1.75. The first-order valence-electron chi connectivity index (χ1n) is 7.91. The van der Waals surface area contributed by atoms with Crippen LogP contribution < -0.4 is 14.2 Å². The molecule has 0 radical (unpaired) electrons. The van der Waals surface area contributed by atoms with E-state index in [4.69, 9.17) is 18.7 Å². The van der Waals surface area contributed by atoms with Gasteiger partial charge in [0.1, 0.15) is 12.4 Å². The first-order chi connectivity index (χ1) is 13.2. The first kappa shape index (κ1) is 16.7. The SMILES string of the molecule is COc1nccc(COc2nn3c(-c4cc(C)on4)nnc3cc2OC)n1. The van der Waals surface area contributed by atoms with Gasteiger partial charge in [-0.15, -0.1) is 15.3 Å². The van der Waals surface area contributed by atoms with E-state index in [2.05, 4.69) is 30.4 Å². The smallest absolute Gasteiger partial charge is 0.316 e. The Morgan fingerprint density at radius 1 is 1.15 bits per heavy atom. The summed E-state index contributed by atoms with van der Waals surface area (Å²) in [7, 11) is 3.02. The second-order valence-electron chi connectivity index (χ2n) is 5.46. The highest BCUT2D eigenvalue weighted by Crippen LogP contribution is 2.28. The molecule has 0 aliphatic heterocycles. The van der Waals surface area contributed by atoms with Crippen molar-refractivity contribution >= 4 is 5.65 Å². The van der Waals surface area contributed by atoms with Crippen molar-refractivity contribution in [2.75, 3.05) is 14.2 Å². The molecule has 0 N–H and O–H groups in total. The Kier molecular flexibility index (Phi) is 4.24. The number of aromatic nitrogens is 7. The van der Waals surface area contributed by atoms with E-state index in [1.807, 2.05) is 0 Å². The van der Waals surface area contributed by atoms with Crippen molar-refractivity contribution in [1.82, 2.24) is 34.9 Å². The Morgan fingerprint density at radius 3 is 2.78 bits per heavy atom. The lowest BCUT2D eigenvalue weighted by Crippen LogP contribution is -2.06. The minimum Gasteiger partial charge on any atom is -0.491 e. The topological polar surface area (TPSA) is 123 Å². The maximum atomic E-state index is 5.78. The van der Waals surface area contributed by atoms with Crippen molar-refractivity contribution in [1.29, 1.82) is 0 Å². The number of fused-ring (bicyclic) bond motifs is 1. The van der Waals surface area contributed by atoms with Gasteiger partial charge in [0.2, 0.25) is 5.82 Å². The third kappa shape index (κ3) is 3.21. The minimum absolute atomic E-state index is 0.147. The third-order valence-electron chi connectivity index (χ3n) is 3.63. The van der Waals surface area contributed by atoms with E-state index in [0.717, 1.165) is 0 Å². The molecule has 0 aliphatic rings. The molecular formula is C16H15N7O4. The molecule has 138 valence electrons. The van der Waals surface area contributed by atoms with Gasteiger partial charge in [-0.3, -0.25) is 0 Å². The van der Waals surface area contributed by atoms with Gasteiger partial charge in [-0.2, -0.15) is 9.50 Å². The molecule has 4 aromatic heterocycles. The molecular weight excluding hydrogens is 354 g/mol. The summed E-state index contributed by atoms with van der Waals surface area (Å²) < 4.78 is 22.8. The summed E-state index contributed by atoms with van der Waals surface area (Å²) in [6.07, 6.45) is 1.59. The lowest BCUT2D eigenvalue weighted by Gasteiger charge is -2.10. The van der Waals surface area contributed by atoms with Crippen LogP contribution in [0.5, 0.6) is 17.6 Å². The molecule has 11 nitrogen and oxygen atoms in total. The van der Waals surface area contributed by atoms with Crippen molar-refractivity contribution in [3.8, 4) is 29.2 Å². The van der Waals surface area contributed by atoms with E-state index >= 15 is 0 Å². The van der Waals surface area contributed by atoms with Crippen LogP contribution in [-0.4, -0.2) is 49.2 Å². The molecule has 27 heavy (non-hydrogen) atoms. The van der Waals surface area contributed by atoms with Gasteiger partial charge in [0.15, 0.2) is 17.1 Å². The standard InChI is InChI=1S/C16H15N7O4/c1-9-6-11(22-27-9)14-20-19-13-7-12(24-2)15(21-23(13)14)26-8-10-4-5-17-16(18-10)25-3/h4-7H,8H2,1-3H3. The number of hydrogen-bond acceptors (Lipinski definition) is 10. The Balaban J connectivity index is 1.68. The van der Waals surface area contributed by atoms with Gasteiger partial charge >= 0.3 is 6.01 Å². The van der Waals surface area contributed by atoms with Crippen molar-refractivity contribution in [3.63, 3.8) is 0 Å². The summed E-state index contributed by atoms with van der Waals surface area (Å²) >= 11 is 0. The largest absolute Gasteiger partial charge is 0.491 e. The van der Waals surface area contributed by atoms with Gasteiger partial charge in [-0.05, 0) is 13.0 Å². The average molecular weight is 369 g/mol. The molecule has 0 spiro atoms. The molecule has 0 aromatic carbocycles. The predicted octanol–water partition coefficient (Wildman–Crippen LogP) is 1.47. The average Bonchev–Trinajstić information content (AvgIpc) is 3.31. The predicted molar refractivity (Wildman–Crippen MR) is 90.5 cm³/mol. The molecule has 11 heteroatoms. The van der Waals surface area contributed by atoms with Crippen LogP contribution in [0.1, 0.15) is 11.5 Å². The number of aryl methyl sites for hydroxylation is 1. The molecule has 4 rings (SSSR count). The zero-order valence-corrected chi connectivity index (χ0v) is 14.8. The quantitative estimate of drug-likeness (QED) is 0.493. The van der Waals surface area contributed by atoms with E-state index < -0.39 is 0 Å². The zero-order valence-electron chi connectivity index (χ0n) is 14.8. The molecule has 4 aromatic rings. The maximum absolute atomic E-state index is 5.78. The minimum atomic E-state index is 0.147. The Labute approximate surface area is 152 Å². The summed E-state index contributed by atoms with van der Waals surface area (Å²) in [4.78, 5) is 8.16. The molecule has 0 saturated heterocycles. The van der Waals surface area contributed by atoms with Crippen molar-refractivity contribution in [3.05, 3.63) is 35.9 Å². The van der Waals surface area contributed by atoms with Gasteiger partial charge in [0.05, 0.1) is 19.9 Å². The molecule has 0 fully saturated rings. The Morgan fingerprint density at radius 2 is 2.04 bits per heavy atom. The molecule has 0 bridgehead atoms. The number of methoxy groups -OCH3 is 2. The highest BCUT2D eigenvalue weighted by atomic mass is 16.5. The molecule has 0 aliphatic carbocycles. The first-order valence-corrected chi connectivity index (χ1v) is 7.91. The van der Waals surface area contributed by atoms with E-state index in [1.54, 1.807) is 31.3 Å². The normalized spacial score (nSPS) is 10.9. The van der Waals surface area contributed by atoms with E-state index in [-0.39, 0.29) is 18.5 Å². The Hall–Kier alpha value is -3.76.